The number of carbonyl (C=O) groups excluding carboxylic acids is 3. The molecule has 0 aromatic rings. The SMILES string of the molecule is CO[C@]1(NC(C)=O)C(=O)N2C(C(=O)O)=C(COC(C)=O)CS[C@@H]21. The van der Waals surface area contributed by atoms with E-state index in [4.69, 9.17) is 9.47 Å². The summed E-state index contributed by atoms with van der Waals surface area (Å²) in [5, 5.41) is 11.2. The first-order chi connectivity index (χ1) is 10.7. The first-order valence-corrected chi connectivity index (χ1v) is 7.67. The summed E-state index contributed by atoms with van der Waals surface area (Å²) >= 11 is 1.22. The minimum atomic E-state index is -1.58. The molecule has 2 aliphatic rings. The van der Waals surface area contributed by atoms with Gasteiger partial charge in [0.1, 0.15) is 17.7 Å². The number of methoxy groups -OCH3 is 1. The molecule has 2 atom stereocenters. The lowest BCUT2D eigenvalue weighted by Gasteiger charge is -2.55. The first kappa shape index (κ1) is 17.3. The summed E-state index contributed by atoms with van der Waals surface area (Å²) < 4.78 is 10.0. The predicted octanol–water partition coefficient (Wildman–Crippen LogP) is -0.718. The summed E-state index contributed by atoms with van der Waals surface area (Å²) in [7, 11) is 1.27. The highest BCUT2D eigenvalue weighted by Gasteiger charge is 2.66. The third kappa shape index (κ3) is 2.79. The van der Waals surface area contributed by atoms with E-state index in [1.54, 1.807) is 0 Å². The number of amides is 2. The minimum Gasteiger partial charge on any atom is -0.477 e. The number of aliphatic carboxylic acids is 1. The van der Waals surface area contributed by atoms with Gasteiger partial charge in [-0.25, -0.2) is 4.79 Å². The van der Waals surface area contributed by atoms with Crippen LogP contribution in [-0.2, 0) is 28.7 Å². The Hall–Kier alpha value is -2.07. The number of fused-ring (bicyclic) bond motifs is 1. The number of β-lactam (4-membered cyclic amide) rings is 1. The molecule has 1 fully saturated rings. The van der Waals surface area contributed by atoms with Crippen LogP contribution in [0.3, 0.4) is 0 Å². The van der Waals surface area contributed by atoms with E-state index < -0.39 is 34.9 Å². The average Bonchev–Trinajstić information content (AvgIpc) is 2.48. The number of rotatable bonds is 5. The van der Waals surface area contributed by atoms with Crippen molar-refractivity contribution in [2.24, 2.45) is 0 Å². The Balaban J connectivity index is 2.34. The van der Waals surface area contributed by atoms with Crippen LogP contribution in [0.5, 0.6) is 0 Å². The number of ether oxygens (including phenoxy) is 2. The van der Waals surface area contributed by atoms with Gasteiger partial charge in [-0.1, -0.05) is 0 Å². The smallest absolute Gasteiger partial charge is 0.352 e. The van der Waals surface area contributed by atoms with Crippen molar-refractivity contribution >= 4 is 35.5 Å². The van der Waals surface area contributed by atoms with Crippen molar-refractivity contribution in [3.8, 4) is 0 Å². The summed E-state index contributed by atoms with van der Waals surface area (Å²) in [6, 6.07) is 0. The molecule has 23 heavy (non-hydrogen) atoms. The Kier molecular flexibility index (Phi) is 4.66. The number of nitrogens with one attached hydrogen (secondary N) is 1. The normalized spacial score (nSPS) is 26.3. The summed E-state index contributed by atoms with van der Waals surface area (Å²) in [6.07, 6.45) is 0. The van der Waals surface area contributed by atoms with Crippen molar-refractivity contribution < 1.29 is 33.8 Å². The Morgan fingerprint density at radius 1 is 1.43 bits per heavy atom. The molecule has 0 unspecified atom stereocenters. The number of carboxylic acid groups (broad SMARTS) is 1. The van der Waals surface area contributed by atoms with Gasteiger partial charge in [0.25, 0.3) is 11.6 Å². The monoisotopic (exact) mass is 344 g/mol. The van der Waals surface area contributed by atoms with Crippen LogP contribution in [0.2, 0.25) is 0 Å². The van der Waals surface area contributed by atoms with Crippen LogP contribution < -0.4 is 5.32 Å². The molecule has 1 saturated heterocycles. The van der Waals surface area contributed by atoms with E-state index in [2.05, 4.69) is 5.32 Å². The summed E-state index contributed by atoms with van der Waals surface area (Å²) in [4.78, 5) is 47.3. The van der Waals surface area contributed by atoms with Crippen molar-refractivity contribution in [3.63, 3.8) is 0 Å². The largest absolute Gasteiger partial charge is 0.477 e. The lowest BCUT2D eigenvalue weighted by atomic mass is 9.98. The summed E-state index contributed by atoms with van der Waals surface area (Å²) in [5.41, 5.74) is -1.50. The zero-order valence-electron chi connectivity index (χ0n) is 12.7. The van der Waals surface area contributed by atoms with Crippen molar-refractivity contribution in [1.29, 1.82) is 0 Å². The van der Waals surface area contributed by atoms with Crippen molar-refractivity contribution in [3.05, 3.63) is 11.3 Å². The van der Waals surface area contributed by atoms with Gasteiger partial charge in [-0.05, 0) is 0 Å². The number of nitrogens with zero attached hydrogens (tertiary/aromatic N) is 1. The van der Waals surface area contributed by atoms with Crippen LogP contribution in [0.4, 0.5) is 0 Å². The molecule has 126 valence electrons. The van der Waals surface area contributed by atoms with Crippen LogP contribution >= 0.6 is 11.8 Å². The Labute approximate surface area is 136 Å². The number of carbonyl (C=O) groups is 4. The first-order valence-electron chi connectivity index (χ1n) is 6.62. The molecule has 0 radical (unpaired) electrons. The fourth-order valence-electron chi connectivity index (χ4n) is 2.50. The van der Waals surface area contributed by atoms with Crippen LogP contribution in [0, 0.1) is 0 Å². The number of esters is 1. The number of hydrogen-bond donors (Lipinski definition) is 2. The molecular weight excluding hydrogens is 328 g/mol. The molecule has 0 spiro atoms. The molecule has 10 heteroatoms. The number of carboxylic acids is 1. The molecule has 2 N–H and O–H groups in total. The van der Waals surface area contributed by atoms with E-state index in [9.17, 15) is 24.3 Å². The molecular formula is C13H16N2O7S. The van der Waals surface area contributed by atoms with E-state index in [1.807, 2.05) is 0 Å². The van der Waals surface area contributed by atoms with Gasteiger partial charge in [0.2, 0.25) is 5.91 Å². The molecule has 0 aliphatic carbocycles. The second-order valence-corrected chi connectivity index (χ2v) is 6.07. The molecule has 2 amide bonds. The van der Waals surface area contributed by atoms with Crippen LogP contribution in [0.1, 0.15) is 13.8 Å². The Morgan fingerprint density at radius 2 is 2.09 bits per heavy atom. The Bertz CT molecular complexity index is 617. The second kappa shape index (κ2) is 6.20. The van der Waals surface area contributed by atoms with Gasteiger partial charge in [-0.2, -0.15) is 0 Å². The summed E-state index contributed by atoms with van der Waals surface area (Å²) in [5.74, 6) is -2.77. The molecule has 2 heterocycles. The number of hydrogen-bond acceptors (Lipinski definition) is 7. The van der Waals surface area contributed by atoms with Crippen molar-refractivity contribution in [2.45, 2.75) is 24.9 Å². The molecule has 2 aliphatic heterocycles. The van der Waals surface area contributed by atoms with E-state index in [1.165, 1.54) is 32.7 Å². The topological polar surface area (TPSA) is 122 Å². The molecule has 2 rings (SSSR count). The zero-order valence-corrected chi connectivity index (χ0v) is 13.6. The van der Waals surface area contributed by atoms with Gasteiger partial charge < -0.3 is 19.9 Å². The third-order valence-electron chi connectivity index (χ3n) is 3.45. The van der Waals surface area contributed by atoms with Crippen molar-refractivity contribution in [2.75, 3.05) is 19.5 Å². The van der Waals surface area contributed by atoms with Gasteiger partial charge in [0, 0.05) is 32.3 Å². The highest BCUT2D eigenvalue weighted by Crippen LogP contribution is 2.46. The lowest BCUT2D eigenvalue weighted by molar-refractivity contribution is -0.192. The van der Waals surface area contributed by atoms with Gasteiger partial charge >= 0.3 is 11.9 Å². The minimum absolute atomic E-state index is 0.208. The van der Waals surface area contributed by atoms with E-state index in [0.717, 1.165) is 4.90 Å². The predicted molar refractivity (Wildman–Crippen MR) is 77.9 cm³/mol. The maximum absolute atomic E-state index is 12.5. The van der Waals surface area contributed by atoms with Crippen LogP contribution in [-0.4, -0.2) is 64.3 Å². The molecule has 0 aromatic heterocycles. The molecule has 9 nitrogen and oxygen atoms in total. The summed E-state index contributed by atoms with van der Waals surface area (Å²) in [6.45, 7) is 2.24. The second-order valence-electron chi connectivity index (χ2n) is 5.00. The Morgan fingerprint density at radius 3 is 2.57 bits per heavy atom. The van der Waals surface area contributed by atoms with Crippen LogP contribution in [0.15, 0.2) is 11.3 Å². The highest BCUT2D eigenvalue weighted by molar-refractivity contribution is 8.00. The molecule has 0 bridgehead atoms. The van der Waals surface area contributed by atoms with E-state index in [-0.39, 0.29) is 18.1 Å². The quantitative estimate of drug-likeness (QED) is 0.381. The van der Waals surface area contributed by atoms with Crippen molar-refractivity contribution in [1.82, 2.24) is 10.2 Å². The fourth-order valence-corrected chi connectivity index (χ4v) is 3.92. The third-order valence-corrected chi connectivity index (χ3v) is 4.82. The fraction of sp³-hybridized carbons (Fsp3) is 0.538. The maximum atomic E-state index is 12.5. The highest BCUT2D eigenvalue weighted by atomic mass is 32.2. The van der Waals surface area contributed by atoms with E-state index >= 15 is 0 Å². The molecule has 0 aromatic carbocycles. The molecule has 0 saturated carbocycles. The van der Waals surface area contributed by atoms with Gasteiger partial charge in [-0.3, -0.25) is 19.3 Å². The van der Waals surface area contributed by atoms with Gasteiger partial charge in [-0.15, -0.1) is 11.8 Å². The standard InChI is InChI=1S/C13H16N2O7S/c1-6(16)14-13(21-3)11(20)15-9(10(18)19)8(4-22-7(2)17)5-23-12(13)15/h12H,4-5H2,1-3H3,(H,14,16)(H,18,19)/t12-,13-/m1/s1. The van der Waals surface area contributed by atoms with Crippen LogP contribution in [0.25, 0.3) is 0 Å². The van der Waals surface area contributed by atoms with Gasteiger partial charge in [0.05, 0.1) is 0 Å². The maximum Gasteiger partial charge on any atom is 0.352 e. The lowest BCUT2D eigenvalue weighted by Crippen LogP contribution is -2.80. The zero-order chi connectivity index (χ0) is 17.4. The van der Waals surface area contributed by atoms with Gasteiger partial charge in [0.15, 0.2) is 0 Å². The number of thioether (sulfide) groups is 1. The average molecular weight is 344 g/mol. The van der Waals surface area contributed by atoms with E-state index in [0.29, 0.717) is 5.57 Å².